The van der Waals surface area contributed by atoms with Crippen LogP contribution in [0.25, 0.3) is 0 Å². The first kappa shape index (κ1) is 13.9. The Morgan fingerprint density at radius 3 is 2.76 bits per heavy atom. The van der Waals surface area contributed by atoms with E-state index in [4.69, 9.17) is 15.2 Å². The maximum absolute atomic E-state index is 6.20. The summed E-state index contributed by atoms with van der Waals surface area (Å²) in [5.41, 5.74) is 6.60. The monoisotopic (exact) mass is 238 g/mol. The Labute approximate surface area is 103 Å². The maximum atomic E-state index is 6.20. The minimum Gasteiger partial charge on any atom is -0.492 e. The van der Waals surface area contributed by atoms with Gasteiger partial charge in [0.1, 0.15) is 5.75 Å². The van der Waals surface area contributed by atoms with Gasteiger partial charge in [-0.15, -0.1) is 0 Å². The van der Waals surface area contributed by atoms with Crippen LogP contribution in [-0.2, 0) is 10.3 Å². The molecule has 0 aliphatic heterocycles. The molecule has 17 heavy (non-hydrogen) atoms. The van der Waals surface area contributed by atoms with Gasteiger partial charge < -0.3 is 15.2 Å². The van der Waals surface area contributed by atoms with Crippen LogP contribution >= 0.6 is 0 Å². The number of nitrogens with zero attached hydrogens (tertiary/aromatic N) is 1. The van der Waals surface area contributed by atoms with Gasteiger partial charge in [0.25, 0.3) is 0 Å². The lowest BCUT2D eigenvalue weighted by atomic mass is 9.96. The minimum atomic E-state index is -0.533. The molecule has 0 aromatic carbocycles. The van der Waals surface area contributed by atoms with Gasteiger partial charge >= 0.3 is 0 Å². The van der Waals surface area contributed by atoms with Gasteiger partial charge in [-0.1, -0.05) is 6.92 Å². The molecule has 1 atom stereocenters. The van der Waals surface area contributed by atoms with Crippen molar-refractivity contribution in [2.75, 3.05) is 19.8 Å². The molecule has 0 bridgehead atoms. The maximum Gasteiger partial charge on any atom is 0.137 e. The van der Waals surface area contributed by atoms with Crippen molar-refractivity contribution >= 4 is 0 Å². The standard InChI is InChI=1S/C13H22N2O2/c1-4-6-17-12-7-11(8-15-9-12)13(3,14)10-16-5-2/h7-9H,4-6,10,14H2,1-3H3. The first-order valence-electron chi connectivity index (χ1n) is 6.05. The molecular weight excluding hydrogens is 216 g/mol. The number of hydrogen-bond acceptors (Lipinski definition) is 4. The predicted molar refractivity (Wildman–Crippen MR) is 68.1 cm³/mol. The van der Waals surface area contributed by atoms with Gasteiger partial charge in [0.2, 0.25) is 0 Å². The van der Waals surface area contributed by atoms with Crippen LogP contribution in [0.2, 0.25) is 0 Å². The highest BCUT2D eigenvalue weighted by Gasteiger charge is 2.22. The zero-order valence-corrected chi connectivity index (χ0v) is 10.9. The molecule has 0 saturated heterocycles. The number of hydrogen-bond donors (Lipinski definition) is 1. The lowest BCUT2D eigenvalue weighted by molar-refractivity contribution is 0.101. The van der Waals surface area contributed by atoms with E-state index in [1.165, 1.54) is 0 Å². The third-order valence-corrected chi connectivity index (χ3v) is 2.45. The second-order valence-electron chi connectivity index (χ2n) is 4.31. The molecule has 0 amide bonds. The molecular formula is C13H22N2O2. The summed E-state index contributed by atoms with van der Waals surface area (Å²) in [6, 6.07) is 1.93. The number of aromatic nitrogens is 1. The van der Waals surface area contributed by atoms with Crippen molar-refractivity contribution in [2.45, 2.75) is 32.7 Å². The lowest BCUT2D eigenvalue weighted by Crippen LogP contribution is -2.38. The molecule has 0 spiro atoms. The molecule has 0 fully saturated rings. The second kappa shape index (κ2) is 6.57. The molecule has 1 rings (SSSR count). The predicted octanol–water partition coefficient (Wildman–Crippen LogP) is 2.08. The highest BCUT2D eigenvalue weighted by molar-refractivity contribution is 5.28. The van der Waals surface area contributed by atoms with E-state index < -0.39 is 5.54 Å². The highest BCUT2D eigenvalue weighted by Crippen LogP contribution is 2.21. The van der Waals surface area contributed by atoms with E-state index >= 15 is 0 Å². The lowest BCUT2D eigenvalue weighted by Gasteiger charge is -2.24. The van der Waals surface area contributed by atoms with Crippen LogP contribution in [0, 0.1) is 0 Å². The summed E-state index contributed by atoms with van der Waals surface area (Å²) in [6.45, 7) is 7.78. The molecule has 0 aliphatic rings. The summed E-state index contributed by atoms with van der Waals surface area (Å²) >= 11 is 0. The molecule has 0 radical (unpaired) electrons. The molecule has 0 aliphatic carbocycles. The number of pyridine rings is 1. The van der Waals surface area contributed by atoms with Crippen LogP contribution in [-0.4, -0.2) is 24.8 Å². The van der Waals surface area contributed by atoms with Crippen LogP contribution in [0.5, 0.6) is 5.75 Å². The Morgan fingerprint density at radius 2 is 2.12 bits per heavy atom. The summed E-state index contributed by atoms with van der Waals surface area (Å²) in [7, 11) is 0. The van der Waals surface area contributed by atoms with E-state index in [-0.39, 0.29) is 0 Å². The van der Waals surface area contributed by atoms with Crippen molar-refractivity contribution in [1.29, 1.82) is 0 Å². The average molecular weight is 238 g/mol. The van der Waals surface area contributed by atoms with E-state index in [0.29, 0.717) is 19.8 Å². The molecule has 4 nitrogen and oxygen atoms in total. The Hall–Kier alpha value is -1.13. The molecule has 1 heterocycles. The Kier molecular flexibility index (Phi) is 5.38. The molecule has 96 valence electrons. The fourth-order valence-corrected chi connectivity index (χ4v) is 1.43. The van der Waals surface area contributed by atoms with Gasteiger partial charge in [-0.25, -0.2) is 0 Å². The minimum absolute atomic E-state index is 0.475. The van der Waals surface area contributed by atoms with Gasteiger partial charge in [0.05, 0.1) is 24.9 Å². The van der Waals surface area contributed by atoms with Crippen LogP contribution in [0.3, 0.4) is 0 Å². The molecule has 1 aromatic heterocycles. The van der Waals surface area contributed by atoms with E-state index in [1.54, 1.807) is 12.4 Å². The normalized spacial score (nSPS) is 14.4. The van der Waals surface area contributed by atoms with Gasteiger partial charge in [-0.3, -0.25) is 4.98 Å². The van der Waals surface area contributed by atoms with Gasteiger partial charge in [0.15, 0.2) is 0 Å². The van der Waals surface area contributed by atoms with Crippen molar-refractivity contribution in [2.24, 2.45) is 5.73 Å². The van der Waals surface area contributed by atoms with Gasteiger partial charge in [0, 0.05) is 12.8 Å². The summed E-state index contributed by atoms with van der Waals surface area (Å²) < 4.78 is 10.9. The molecule has 4 heteroatoms. The zero-order chi connectivity index (χ0) is 12.7. The quantitative estimate of drug-likeness (QED) is 0.790. The largest absolute Gasteiger partial charge is 0.492 e. The first-order valence-corrected chi connectivity index (χ1v) is 6.05. The third-order valence-electron chi connectivity index (χ3n) is 2.45. The van der Waals surface area contributed by atoms with Crippen molar-refractivity contribution in [3.05, 3.63) is 24.0 Å². The number of nitrogens with two attached hydrogens (primary N) is 1. The van der Waals surface area contributed by atoms with E-state index in [2.05, 4.69) is 11.9 Å². The van der Waals surface area contributed by atoms with Gasteiger partial charge in [-0.2, -0.15) is 0 Å². The topological polar surface area (TPSA) is 57.4 Å². The average Bonchev–Trinajstić information content (AvgIpc) is 2.34. The van der Waals surface area contributed by atoms with Crippen LogP contribution in [0.1, 0.15) is 32.8 Å². The van der Waals surface area contributed by atoms with Gasteiger partial charge in [-0.05, 0) is 31.9 Å². The smallest absolute Gasteiger partial charge is 0.137 e. The third kappa shape index (κ3) is 4.32. The van der Waals surface area contributed by atoms with Crippen molar-refractivity contribution in [3.63, 3.8) is 0 Å². The summed E-state index contributed by atoms with van der Waals surface area (Å²) in [5.74, 6) is 0.762. The molecule has 2 N–H and O–H groups in total. The SMILES string of the molecule is CCCOc1cncc(C(C)(N)COCC)c1. The Bertz CT molecular complexity index is 340. The highest BCUT2D eigenvalue weighted by atomic mass is 16.5. The van der Waals surface area contributed by atoms with E-state index in [1.807, 2.05) is 19.9 Å². The van der Waals surface area contributed by atoms with Crippen LogP contribution in [0.15, 0.2) is 18.5 Å². The molecule has 0 saturated carbocycles. The second-order valence-corrected chi connectivity index (χ2v) is 4.31. The summed E-state index contributed by atoms with van der Waals surface area (Å²) in [4.78, 5) is 4.15. The summed E-state index contributed by atoms with van der Waals surface area (Å²) in [5, 5.41) is 0. The van der Waals surface area contributed by atoms with E-state index in [9.17, 15) is 0 Å². The van der Waals surface area contributed by atoms with Crippen LogP contribution in [0.4, 0.5) is 0 Å². The Morgan fingerprint density at radius 1 is 1.35 bits per heavy atom. The van der Waals surface area contributed by atoms with Crippen LogP contribution < -0.4 is 10.5 Å². The van der Waals surface area contributed by atoms with Crippen molar-refractivity contribution < 1.29 is 9.47 Å². The number of rotatable bonds is 7. The fraction of sp³-hybridized carbons (Fsp3) is 0.615. The first-order chi connectivity index (χ1) is 8.10. The fourth-order valence-electron chi connectivity index (χ4n) is 1.43. The number of ether oxygens (including phenoxy) is 2. The molecule has 1 aromatic rings. The summed E-state index contributed by atoms with van der Waals surface area (Å²) in [6.07, 6.45) is 4.44. The Balaban J connectivity index is 2.75. The molecule has 1 unspecified atom stereocenters. The zero-order valence-electron chi connectivity index (χ0n) is 10.9. The van der Waals surface area contributed by atoms with E-state index in [0.717, 1.165) is 17.7 Å². The van der Waals surface area contributed by atoms with Crippen molar-refractivity contribution in [3.8, 4) is 5.75 Å². The van der Waals surface area contributed by atoms with Crippen molar-refractivity contribution in [1.82, 2.24) is 4.98 Å².